The van der Waals surface area contributed by atoms with E-state index in [-0.39, 0.29) is 12.2 Å². The van der Waals surface area contributed by atoms with Gasteiger partial charge in [0.15, 0.2) is 4.80 Å². The van der Waals surface area contributed by atoms with Crippen LogP contribution in [0.4, 0.5) is 0 Å². The smallest absolute Gasteiger partial charge is 0.338 e. The van der Waals surface area contributed by atoms with Gasteiger partial charge < -0.3 is 4.74 Å². The van der Waals surface area contributed by atoms with E-state index in [2.05, 4.69) is 31.0 Å². The van der Waals surface area contributed by atoms with Crippen LogP contribution in [-0.2, 0) is 9.53 Å². The van der Waals surface area contributed by atoms with Crippen molar-refractivity contribution in [3.05, 3.63) is 88.7 Å². The van der Waals surface area contributed by atoms with E-state index in [0.29, 0.717) is 26.5 Å². The average Bonchev–Trinajstić information content (AvgIpc) is 3.35. The van der Waals surface area contributed by atoms with E-state index in [1.807, 2.05) is 35.0 Å². The fraction of sp³-hybridized carbons (Fsp3) is 0.292. The van der Waals surface area contributed by atoms with Crippen LogP contribution in [0.1, 0.15) is 56.3 Å². The molecule has 5 nitrogen and oxygen atoms in total. The number of carbonyl (C=O) groups excluding carboxylic acids is 1. The molecule has 0 radical (unpaired) electrons. The molecule has 1 aromatic carbocycles. The molecule has 3 aromatic rings. The largest absolute Gasteiger partial charge is 0.463 e. The van der Waals surface area contributed by atoms with Gasteiger partial charge in [0.1, 0.15) is 0 Å². The third-order valence-corrected chi connectivity index (χ3v) is 6.96. The van der Waals surface area contributed by atoms with Gasteiger partial charge in [-0.25, -0.2) is 9.79 Å². The predicted octanol–water partition coefficient (Wildman–Crippen LogP) is 3.98. The maximum absolute atomic E-state index is 13.4. The fourth-order valence-corrected chi connectivity index (χ4v) is 5.34. The topological polar surface area (TPSA) is 60.7 Å². The summed E-state index contributed by atoms with van der Waals surface area (Å²) in [7, 11) is 0. The van der Waals surface area contributed by atoms with Crippen LogP contribution in [-0.4, -0.2) is 17.1 Å². The van der Waals surface area contributed by atoms with Gasteiger partial charge in [-0.3, -0.25) is 9.36 Å². The molecule has 1 aliphatic heterocycles. The molecule has 0 unspecified atom stereocenters. The lowest BCUT2D eigenvalue weighted by molar-refractivity contribution is -0.139. The lowest BCUT2D eigenvalue weighted by Gasteiger charge is -2.25. The van der Waals surface area contributed by atoms with Crippen molar-refractivity contribution in [1.29, 1.82) is 0 Å². The second kappa shape index (κ2) is 8.77. The molecule has 4 rings (SSSR count). The minimum Gasteiger partial charge on any atom is -0.463 e. The molecule has 0 spiro atoms. The number of fused-ring (bicyclic) bond motifs is 1. The molecule has 1 aliphatic rings. The lowest BCUT2D eigenvalue weighted by Crippen LogP contribution is -2.39. The summed E-state index contributed by atoms with van der Waals surface area (Å²) in [5, 5.41) is 3.97. The maximum atomic E-state index is 13.4. The molecule has 31 heavy (non-hydrogen) atoms. The normalized spacial score (nSPS) is 16.4. The first-order valence-corrected chi connectivity index (χ1v) is 12.0. The highest BCUT2D eigenvalue weighted by molar-refractivity contribution is 7.08. The summed E-state index contributed by atoms with van der Waals surface area (Å²) in [5.74, 6) is -0.0442. The van der Waals surface area contributed by atoms with Gasteiger partial charge in [0, 0.05) is 0 Å². The maximum Gasteiger partial charge on any atom is 0.338 e. The van der Waals surface area contributed by atoms with E-state index in [1.165, 1.54) is 16.9 Å². The summed E-state index contributed by atoms with van der Waals surface area (Å²) in [5.41, 5.74) is 3.89. The molecule has 2 aromatic heterocycles. The standard InChI is InChI=1S/C24H24N2O3S2/c1-5-29-23(28)20-15(4)25-24-26(21(20)18-8-6-17(7-9-18)14(2)3)22(27)19(31-24)12-16-10-11-30-13-16/h6-14,21H,5H2,1-4H3/b19-12+/t21-/m0/s1. The van der Waals surface area contributed by atoms with E-state index < -0.39 is 12.0 Å². The third-order valence-electron chi connectivity index (χ3n) is 5.28. The Balaban J connectivity index is 1.94. The Morgan fingerprint density at radius 3 is 2.61 bits per heavy atom. The van der Waals surface area contributed by atoms with E-state index in [9.17, 15) is 9.59 Å². The average molecular weight is 453 g/mol. The van der Waals surface area contributed by atoms with Crippen LogP contribution in [0.25, 0.3) is 6.08 Å². The van der Waals surface area contributed by atoms with Gasteiger partial charge >= 0.3 is 5.97 Å². The van der Waals surface area contributed by atoms with Crippen molar-refractivity contribution in [3.63, 3.8) is 0 Å². The number of thiophene rings is 1. The van der Waals surface area contributed by atoms with Crippen LogP contribution in [0.2, 0.25) is 0 Å². The summed E-state index contributed by atoms with van der Waals surface area (Å²) in [6.07, 6.45) is 1.88. The Bertz CT molecular complexity index is 1310. The first-order chi connectivity index (χ1) is 14.9. The molecule has 0 amide bonds. The Kier molecular flexibility index (Phi) is 6.07. The van der Waals surface area contributed by atoms with Gasteiger partial charge in [-0.2, -0.15) is 11.3 Å². The molecular weight excluding hydrogens is 428 g/mol. The number of benzene rings is 1. The summed E-state index contributed by atoms with van der Waals surface area (Å²) >= 11 is 2.93. The van der Waals surface area contributed by atoms with E-state index >= 15 is 0 Å². The predicted molar refractivity (Wildman–Crippen MR) is 125 cm³/mol. The third kappa shape index (κ3) is 4.07. The highest BCUT2D eigenvalue weighted by atomic mass is 32.1. The zero-order valence-electron chi connectivity index (χ0n) is 17.9. The number of hydrogen-bond acceptors (Lipinski definition) is 6. The highest BCUT2D eigenvalue weighted by Crippen LogP contribution is 2.31. The lowest BCUT2D eigenvalue weighted by atomic mass is 9.93. The number of carbonyl (C=O) groups is 1. The molecule has 7 heteroatoms. The van der Waals surface area contributed by atoms with Crippen molar-refractivity contribution < 1.29 is 9.53 Å². The first kappa shape index (κ1) is 21.5. The van der Waals surface area contributed by atoms with Crippen molar-refractivity contribution >= 4 is 34.7 Å². The van der Waals surface area contributed by atoms with Crippen LogP contribution in [0.5, 0.6) is 0 Å². The summed E-state index contributed by atoms with van der Waals surface area (Å²) in [6.45, 7) is 8.11. The molecule has 0 N–H and O–H groups in total. The molecular formula is C24H24N2O3S2. The molecule has 0 fully saturated rings. The number of esters is 1. The van der Waals surface area contributed by atoms with E-state index in [0.717, 1.165) is 11.1 Å². The zero-order chi connectivity index (χ0) is 22.1. The molecule has 1 atom stereocenters. The minimum atomic E-state index is -0.568. The zero-order valence-corrected chi connectivity index (χ0v) is 19.5. The van der Waals surface area contributed by atoms with Gasteiger partial charge in [-0.05, 0) is 59.4 Å². The molecule has 0 saturated carbocycles. The minimum absolute atomic E-state index is 0.151. The summed E-state index contributed by atoms with van der Waals surface area (Å²) < 4.78 is 7.56. The monoisotopic (exact) mass is 452 g/mol. The molecule has 0 saturated heterocycles. The SMILES string of the molecule is CCOC(=O)C1=C(C)N=c2s/c(=C/c3ccsc3)c(=O)n2[C@H]1c1ccc(C(C)C)cc1. The quantitative estimate of drug-likeness (QED) is 0.550. The van der Waals surface area contributed by atoms with Crippen LogP contribution in [0.15, 0.2) is 62.1 Å². The van der Waals surface area contributed by atoms with Crippen molar-refractivity contribution in [2.45, 2.75) is 39.7 Å². The number of aromatic nitrogens is 1. The van der Waals surface area contributed by atoms with Gasteiger partial charge in [-0.1, -0.05) is 49.4 Å². The Hall–Kier alpha value is -2.77. The van der Waals surface area contributed by atoms with Gasteiger partial charge in [0.2, 0.25) is 0 Å². The van der Waals surface area contributed by atoms with Gasteiger partial charge in [0.05, 0.1) is 28.5 Å². The van der Waals surface area contributed by atoms with E-state index in [1.54, 1.807) is 29.8 Å². The Labute approximate surface area is 188 Å². The van der Waals surface area contributed by atoms with Crippen molar-refractivity contribution in [3.8, 4) is 0 Å². The van der Waals surface area contributed by atoms with Crippen LogP contribution in [0, 0.1) is 0 Å². The van der Waals surface area contributed by atoms with Crippen LogP contribution in [0.3, 0.4) is 0 Å². The van der Waals surface area contributed by atoms with Crippen molar-refractivity contribution in [1.82, 2.24) is 4.57 Å². The number of hydrogen-bond donors (Lipinski definition) is 0. The molecule has 0 aliphatic carbocycles. The molecule has 3 heterocycles. The Morgan fingerprint density at radius 2 is 2.00 bits per heavy atom. The molecule has 0 bridgehead atoms. The number of ether oxygens (including phenoxy) is 1. The molecule has 160 valence electrons. The van der Waals surface area contributed by atoms with Crippen LogP contribution < -0.4 is 14.9 Å². The van der Waals surface area contributed by atoms with Gasteiger partial charge in [-0.15, -0.1) is 0 Å². The first-order valence-electron chi connectivity index (χ1n) is 10.2. The van der Waals surface area contributed by atoms with E-state index in [4.69, 9.17) is 4.74 Å². The number of rotatable bonds is 5. The second-order valence-electron chi connectivity index (χ2n) is 7.68. The Morgan fingerprint density at radius 1 is 1.26 bits per heavy atom. The summed E-state index contributed by atoms with van der Waals surface area (Å²) in [6, 6.07) is 9.50. The second-order valence-corrected chi connectivity index (χ2v) is 9.47. The van der Waals surface area contributed by atoms with Crippen LogP contribution >= 0.6 is 22.7 Å². The van der Waals surface area contributed by atoms with Crippen molar-refractivity contribution in [2.75, 3.05) is 6.61 Å². The van der Waals surface area contributed by atoms with Gasteiger partial charge in [0.25, 0.3) is 5.56 Å². The number of nitrogens with zero attached hydrogens (tertiary/aromatic N) is 2. The fourth-order valence-electron chi connectivity index (χ4n) is 3.68. The van der Waals surface area contributed by atoms with Crippen molar-refractivity contribution in [2.24, 2.45) is 4.99 Å². The number of allylic oxidation sites excluding steroid dienone is 1. The summed E-state index contributed by atoms with van der Waals surface area (Å²) in [4.78, 5) is 31.5. The number of thiazole rings is 1. The highest BCUT2D eigenvalue weighted by Gasteiger charge is 2.33.